The maximum absolute atomic E-state index is 6.92. The van der Waals surface area contributed by atoms with Crippen molar-refractivity contribution in [3.05, 3.63) is 231 Å². The number of fused-ring (bicyclic) bond motifs is 19. The summed E-state index contributed by atoms with van der Waals surface area (Å²) in [5.41, 5.74) is 12.7. The van der Waals surface area contributed by atoms with Crippen LogP contribution in [0.2, 0.25) is 0 Å². The third kappa shape index (κ3) is 5.72. The first kappa shape index (κ1) is 39.1. The number of para-hydroxylation sites is 2. The third-order valence-electron chi connectivity index (χ3n) is 14.8. The summed E-state index contributed by atoms with van der Waals surface area (Å²) < 4.78 is 26.9. The topological polar surface area (TPSA) is 59.0 Å². The Balaban J connectivity index is 0.802. The first-order valence-electron chi connectivity index (χ1n) is 24.3. The van der Waals surface area contributed by atoms with Crippen LogP contribution in [-0.2, 0) is 0 Å². The second-order valence-electron chi connectivity index (χ2n) is 18.8. The van der Waals surface area contributed by atoms with Crippen LogP contribution in [0.25, 0.3) is 120 Å². The zero-order chi connectivity index (χ0) is 47.0. The van der Waals surface area contributed by atoms with Gasteiger partial charge in [-0.3, -0.25) is 0 Å². The molecule has 6 nitrogen and oxygen atoms in total. The van der Waals surface area contributed by atoms with Gasteiger partial charge in [-0.25, -0.2) is 0 Å². The van der Waals surface area contributed by atoms with Crippen LogP contribution in [0.3, 0.4) is 0 Å². The van der Waals surface area contributed by atoms with Gasteiger partial charge in [-0.05, 0) is 131 Å². The molecule has 6 heteroatoms. The molecule has 0 aliphatic carbocycles. The number of rotatable bonds is 6. The fourth-order valence-electron chi connectivity index (χ4n) is 11.5. The van der Waals surface area contributed by atoms with Gasteiger partial charge in [-0.15, -0.1) is 0 Å². The van der Waals surface area contributed by atoms with E-state index in [1.54, 1.807) is 0 Å². The van der Waals surface area contributed by atoms with E-state index in [2.05, 4.69) is 228 Å². The average Bonchev–Trinajstić information content (AvgIpc) is 4.21. The van der Waals surface area contributed by atoms with E-state index in [4.69, 9.17) is 17.7 Å². The van der Waals surface area contributed by atoms with Crippen molar-refractivity contribution in [3.8, 4) is 0 Å². The number of hydrogen-bond acceptors (Lipinski definition) is 6. The molecule has 0 saturated heterocycles. The highest BCUT2D eigenvalue weighted by atomic mass is 16.3. The summed E-state index contributed by atoms with van der Waals surface area (Å²) in [5, 5.41) is 15.4. The SMILES string of the molecule is c1ccc(N(c2ccc3c(c2)oc2c3ccc3c2ccc2c4ccc(N(c5ccccc5)c5ccc6c(c5)oc5ccc7ccccc7c56)cc4oc23)c2ccc3c(c2)oc2ccc4ccccc4c23)cc1. The Hall–Kier alpha value is -9.78. The fourth-order valence-corrected chi connectivity index (χ4v) is 11.5. The molecule has 0 spiro atoms. The van der Waals surface area contributed by atoms with Crippen LogP contribution >= 0.6 is 0 Å². The highest BCUT2D eigenvalue weighted by Gasteiger charge is 2.22. The lowest BCUT2D eigenvalue weighted by Gasteiger charge is -2.25. The molecule has 0 aliphatic rings. The molecule has 4 aromatic heterocycles. The van der Waals surface area contributed by atoms with Crippen LogP contribution in [0, 0.1) is 0 Å². The molecule has 0 fully saturated rings. The number of anilines is 6. The van der Waals surface area contributed by atoms with Crippen molar-refractivity contribution in [2.24, 2.45) is 0 Å². The molecule has 72 heavy (non-hydrogen) atoms. The van der Waals surface area contributed by atoms with E-state index in [1.807, 2.05) is 12.1 Å². The van der Waals surface area contributed by atoms with Gasteiger partial charge in [0.15, 0.2) is 0 Å². The Kier molecular flexibility index (Phi) is 8.07. The number of furan rings is 4. The number of hydrogen-bond donors (Lipinski definition) is 0. The van der Waals surface area contributed by atoms with Crippen LogP contribution in [0.15, 0.2) is 248 Å². The van der Waals surface area contributed by atoms with Crippen molar-refractivity contribution in [2.45, 2.75) is 0 Å². The van der Waals surface area contributed by atoms with Crippen LogP contribution in [-0.4, -0.2) is 0 Å². The van der Waals surface area contributed by atoms with Crippen molar-refractivity contribution in [1.82, 2.24) is 0 Å². The van der Waals surface area contributed by atoms with Gasteiger partial charge in [0, 0.05) is 112 Å². The fraction of sp³-hybridized carbons (Fsp3) is 0. The minimum Gasteiger partial charge on any atom is -0.456 e. The largest absolute Gasteiger partial charge is 0.456 e. The molecular weight excluding hydrogens is 885 g/mol. The molecule has 0 aliphatic heterocycles. The molecule has 0 radical (unpaired) electrons. The van der Waals surface area contributed by atoms with Gasteiger partial charge in [-0.2, -0.15) is 0 Å². The van der Waals surface area contributed by atoms with E-state index < -0.39 is 0 Å². The lowest BCUT2D eigenvalue weighted by atomic mass is 10.0. The smallest absolute Gasteiger partial charge is 0.143 e. The van der Waals surface area contributed by atoms with E-state index in [0.29, 0.717) is 0 Å². The standard InChI is InChI=1S/C66H38N2O4/c1-3-13-41(14-4-1)67(45-23-27-55-61(37-45)69-57-33-19-39-11-7-9-17-47(39)63(55)57)43-21-25-49-51-29-31-54-53(65(51)71-59(49)35-43)32-30-52-50-26-22-44(36-60(50)72-66(52)54)68(42-15-5-2-6-16-42)46-24-28-56-62(38-46)70-58-34-20-40-12-8-10-18-48(40)64(56)58/h1-38H. The molecule has 0 unspecified atom stereocenters. The Morgan fingerprint density at radius 3 is 0.958 bits per heavy atom. The van der Waals surface area contributed by atoms with E-state index in [9.17, 15) is 0 Å². The summed E-state index contributed by atoms with van der Waals surface area (Å²) in [6.45, 7) is 0. The maximum atomic E-state index is 6.92. The Bertz CT molecular complexity index is 4580. The summed E-state index contributed by atoms with van der Waals surface area (Å²) in [4.78, 5) is 4.53. The molecule has 336 valence electrons. The van der Waals surface area contributed by atoms with Crippen LogP contribution in [0.5, 0.6) is 0 Å². The Morgan fingerprint density at radius 1 is 0.208 bits per heavy atom. The summed E-state index contributed by atoms with van der Waals surface area (Å²) in [6.07, 6.45) is 0. The van der Waals surface area contributed by atoms with E-state index in [-0.39, 0.29) is 0 Å². The molecule has 0 N–H and O–H groups in total. The minimum atomic E-state index is 0.803. The third-order valence-corrected chi connectivity index (χ3v) is 14.8. The maximum Gasteiger partial charge on any atom is 0.143 e. The number of benzene rings is 12. The van der Waals surface area contributed by atoms with Gasteiger partial charge in [0.2, 0.25) is 0 Å². The first-order chi connectivity index (χ1) is 35.7. The average molecular weight is 923 g/mol. The predicted octanol–water partition coefficient (Wildman–Crippen LogP) is 19.7. The van der Waals surface area contributed by atoms with E-state index >= 15 is 0 Å². The first-order valence-corrected chi connectivity index (χ1v) is 24.3. The molecule has 4 heterocycles. The summed E-state index contributed by atoms with van der Waals surface area (Å²) in [5.74, 6) is 0. The van der Waals surface area contributed by atoms with Gasteiger partial charge in [0.1, 0.15) is 44.7 Å². The molecule has 0 atom stereocenters. The van der Waals surface area contributed by atoms with Crippen LogP contribution < -0.4 is 9.80 Å². The molecule has 0 amide bonds. The van der Waals surface area contributed by atoms with E-state index in [0.717, 1.165) is 133 Å². The van der Waals surface area contributed by atoms with Gasteiger partial charge < -0.3 is 27.5 Å². The van der Waals surface area contributed by atoms with Gasteiger partial charge in [0.25, 0.3) is 0 Å². The summed E-state index contributed by atoms with van der Waals surface area (Å²) in [7, 11) is 0. The monoisotopic (exact) mass is 922 g/mol. The summed E-state index contributed by atoms with van der Waals surface area (Å²) >= 11 is 0. The molecule has 12 aromatic carbocycles. The van der Waals surface area contributed by atoms with Crippen molar-refractivity contribution in [3.63, 3.8) is 0 Å². The van der Waals surface area contributed by atoms with Gasteiger partial charge in [0.05, 0.1) is 0 Å². The quantitative estimate of drug-likeness (QED) is 0.166. The Morgan fingerprint density at radius 2 is 0.542 bits per heavy atom. The predicted molar refractivity (Wildman–Crippen MR) is 297 cm³/mol. The zero-order valence-corrected chi connectivity index (χ0v) is 38.5. The molecular formula is C66H38N2O4. The van der Waals surface area contributed by atoms with Crippen LogP contribution in [0.4, 0.5) is 34.1 Å². The molecule has 0 saturated carbocycles. The lowest BCUT2D eigenvalue weighted by molar-refractivity contribution is 0.668. The lowest BCUT2D eigenvalue weighted by Crippen LogP contribution is -2.09. The van der Waals surface area contributed by atoms with Crippen molar-refractivity contribution < 1.29 is 17.7 Å². The van der Waals surface area contributed by atoms with Gasteiger partial charge in [-0.1, -0.05) is 97.1 Å². The van der Waals surface area contributed by atoms with E-state index in [1.165, 1.54) is 21.5 Å². The highest BCUT2D eigenvalue weighted by molar-refractivity contribution is 6.24. The zero-order valence-electron chi connectivity index (χ0n) is 38.5. The number of nitrogens with zero attached hydrogens (tertiary/aromatic N) is 2. The minimum absolute atomic E-state index is 0.803. The van der Waals surface area contributed by atoms with Gasteiger partial charge >= 0.3 is 0 Å². The molecule has 16 rings (SSSR count). The molecule has 16 aromatic rings. The highest BCUT2D eigenvalue weighted by Crippen LogP contribution is 2.46. The molecule has 0 bridgehead atoms. The second kappa shape index (κ2) is 14.9. The normalized spacial score (nSPS) is 12.2. The Labute approximate surface area is 410 Å². The van der Waals surface area contributed by atoms with Crippen molar-refractivity contribution in [1.29, 1.82) is 0 Å². The summed E-state index contributed by atoms with van der Waals surface area (Å²) in [6, 6.07) is 81.1. The van der Waals surface area contributed by atoms with Crippen molar-refractivity contribution in [2.75, 3.05) is 9.80 Å². The van der Waals surface area contributed by atoms with Crippen LogP contribution in [0.1, 0.15) is 0 Å². The second-order valence-corrected chi connectivity index (χ2v) is 18.8. The van der Waals surface area contributed by atoms with Crippen molar-refractivity contribution >= 4 is 154 Å².